The van der Waals surface area contributed by atoms with Crippen molar-refractivity contribution in [1.29, 1.82) is 0 Å². The van der Waals surface area contributed by atoms with Crippen molar-refractivity contribution in [3.05, 3.63) is 89.0 Å². The lowest BCUT2D eigenvalue weighted by Crippen LogP contribution is -2.22. The molecule has 0 spiro atoms. The highest BCUT2D eigenvalue weighted by Crippen LogP contribution is 2.29. The van der Waals surface area contributed by atoms with E-state index in [4.69, 9.17) is 9.47 Å². The molecule has 4 rings (SSSR count). The summed E-state index contributed by atoms with van der Waals surface area (Å²) in [6, 6.07) is 21.3. The molecule has 36 heavy (non-hydrogen) atoms. The molecule has 0 saturated heterocycles. The highest BCUT2D eigenvalue weighted by atomic mass is 16.5. The number of nitrogens with one attached hydrogen (secondary N) is 2. The summed E-state index contributed by atoms with van der Waals surface area (Å²) >= 11 is 0. The quantitative estimate of drug-likeness (QED) is 0.327. The number of carbonyl (C=O) groups excluding carboxylic acids is 1. The average Bonchev–Trinajstić information content (AvgIpc) is 2.91. The van der Waals surface area contributed by atoms with Crippen LogP contribution in [-0.2, 0) is 11.3 Å². The minimum atomic E-state index is -0.186. The van der Waals surface area contributed by atoms with Crippen molar-refractivity contribution in [1.82, 2.24) is 9.55 Å². The van der Waals surface area contributed by atoms with Crippen LogP contribution < -0.4 is 25.7 Å². The lowest BCUT2D eigenvalue weighted by atomic mass is 10.1. The van der Waals surface area contributed by atoms with E-state index in [2.05, 4.69) is 34.7 Å². The third-order valence-electron chi connectivity index (χ3n) is 5.98. The molecule has 0 fully saturated rings. The number of benzene rings is 3. The zero-order chi connectivity index (χ0) is 25.5. The predicted octanol–water partition coefficient (Wildman–Crippen LogP) is 5.01. The van der Waals surface area contributed by atoms with Crippen LogP contribution in [0.25, 0.3) is 10.9 Å². The largest absolute Gasteiger partial charge is 0.493 e. The summed E-state index contributed by atoms with van der Waals surface area (Å²) in [4.78, 5) is 29.7. The highest BCUT2D eigenvalue weighted by molar-refractivity contribution is 5.90. The van der Waals surface area contributed by atoms with Gasteiger partial charge in [-0.15, -0.1) is 0 Å². The number of hydrogen-bond acceptors (Lipinski definition) is 6. The Hall–Kier alpha value is -4.33. The minimum absolute atomic E-state index is 0.110. The van der Waals surface area contributed by atoms with Gasteiger partial charge in [-0.2, -0.15) is 0 Å². The van der Waals surface area contributed by atoms with Crippen LogP contribution in [0.15, 0.2) is 77.9 Å². The number of nitrogens with zero attached hydrogens (tertiary/aromatic N) is 2. The van der Waals surface area contributed by atoms with Gasteiger partial charge in [0.05, 0.1) is 31.4 Å². The molecule has 8 heteroatoms. The maximum atomic E-state index is 12.9. The number of fused-ring (bicyclic) bond motifs is 1. The summed E-state index contributed by atoms with van der Waals surface area (Å²) in [6.45, 7) is 2.48. The molecule has 186 valence electrons. The van der Waals surface area contributed by atoms with Crippen LogP contribution in [0.4, 0.5) is 11.4 Å². The number of hydrogen-bond donors (Lipinski definition) is 2. The first kappa shape index (κ1) is 24.8. The standard InChI is InChI=1S/C28H30N4O4/c1-19(20-8-5-4-6-9-20)30-21-11-13-22(14-12-21)31-27(33)10-7-15-32-18-29-24-17-26(36-3)25(35-2)16-23(24)28(32)34/h4-6,8-9,11-14,16-19,30H,7,10,15H2,1-3H3,(H,31,33). The predicted molar refractivity (Wildman–Crippen MR) is 142 cm³/mol. The van der Waals surface area contributed by atoms with Crippen molar-refractivity contribution in [2.24, 2.45) is 0 Å². The van der Waals surface area contributed by atoms with Crippen LogP contribution in [0.3, 0.4) is 0 Å². The molecule has 4 aromatic rings. The molecule has 0 aliphatic heterocycles. The first-order chi connectivity index (χ1) is 17.5. The summed E-state index contributed by atoms with van der Waals surface area (Å²) in [5, 5.41) is 6.81. The SMILES string of the molecule is COc1cc2ncn(CCCC(=O)Nc3ccc(NC(C)c4ccccc4)cc3)c(=O)c2cc1OC. The van der Waals surface area contributed by atoms with Gasteiger partial charge in [0.1, 0.15) is 0 Å². The van der Waals surface area contributed by atoms with Crippen LogP contribution >= 0.6 is 0 Å². The second-order valence-corrected chi connectivity index (χ2v) is 8.47. The van der Waals surface area contributed by atoms with Gasteiger partial charge >= 0.3 is 0 Å². The highest BCUT2D eigenvalue weighted by Gasteiger charge is 2.12. The molecule has 3 aromatic carbocycles. The average molecular weight is 487 g/mol. The molecule has 1 heterocycles. The molecule has 0 radical (unpaired) electrons. The van der Waals surface area contributed by atoms with Gasteiger partial charge in [-0.3, -0.25) is 14.2 Å². The number of ether oxygens (including phenoxy) is 2. The van der Waals surface area contributed by atoms with E-state index >= 15 is 0 Å². The van der Waals surface area contributed by atoms with Gasteiger partial charge in [0.25, 0.3) is 5.56 Å². The number of aryl methyl sites for hydroxylation is 1. The van der Waals surface area contributed by atoms with Crippen molar-refractivity contribution < 1.29 is 14.3 Å². The molecule has 1 amide bonds. The molecule has 1 unspecified atom stereocenters. The lowest BCUT2D eigenvalue weighted by Gasteiger charge is -2.16. The topological polar surface area (TPSA) is 94.5 Å². The molecular formula is C28H30N4O4. The minimum Gasteiger partial charge on any atom is -0.493 e. The van der Waals surface area contributed by atoms with Crippen LogP contribution in [0.5, 0.6) is 11.5 Å². The lowest BCUT2D eigenvalue weighted by molar-refractivity contribution is -0.116. The Bertz CT molecular complexity index is 1380. The first-order valence-electron chi connectivity index (χ1n) is 11.8. The zero-order valence-electron chi connectivity index (χ0n) is 20.7. The second-order valence-electron chi connectivity index (χ2n) is 8.47. The normalized spacial score (nSPS) is 11.6. The summed E-state index contributed by atoms with van der Waals surface area (Å²) in [6.07, 6.45) is 2.28. The van der Waals surface area contributed by atoms with E-state index in [9.17, 15) is 9.59 Å². The molecule has 8 nitrogen and oxygen atoms in total. The van der Waals surface area contributed by atoms with Gasteiger partial charge in [0, 0.05) is 36.4 Å². The van der Waals surface area contributed by atoms with E-state index < -0.39 is 0 Å². The van der Waals surface area contributed by atoms with Crippen LogP contribution in [0.2, 0.25) is 0 Å². The van der Waals surface area contributed by atoms with E-state index in [0.717, 1.165) is 11.4 Å². The van der Waals surface area contributed by atoms with Gasteiger partial charge in [-0.1, -0.05) is 30.3 Å². The van der Waals surface area contributed by atoms with Gasteiger partial charge in [-0.05, 0) is 49.2 Å². The Morgan fingerprint density at radius 1 is 0.972 bits per heavy atom. The fourth-order valence-corrected chi connectivity index (χ4v) is 4.00. The summed E-state index contributed by atoms with van der Waals surface area (Å²) in [5.74, 6) is 0.874. The maximum absolute atomic E-state index is 12.9. The molecule has 1 aromatic heterocycles. The number of carbonyl (C=O) groups is 1. The number of methoxy groups -OCH3 is 2. The first-order valence-corrected chi connectivity index (χ1v) is 11.8. The fourth-order valence-electron chi connectivity index (χ4n) is 4.00. The maximum Gasteiger partial charge on any atom is 0.261 e. The third-order valence-corrected chi connectivity index (χ3v) is 5.98. The number of anilines is 2. The van der Waals surface area contributed by atoms with Crippen molar-refractivity contribution in [3.8, 4) is 11.5 Å². The van der Waals surface area contributed by atoms with Gasteiger partial charge in [-0.25, -0.2) is 4.98 Å². The number of amides is 1. The molecule has 1 atom stereocenters. The number of aromatic nitrogens is 2. The van der Waals surface area contributed by atoms with Gasteiger partial charge in [0.2, 0.25) is 5.91 Å². The molecular weight excluding hydrogens is 456 g/mol. The molecule has 0 bridgehead atoms. The number of rotatable bonds is 10. The third kappa shape index (κ3) is 5.83. The monoisotopic (exact) mass is 486 g/mol. The molecule has 0 aliphatic carbocycles. The van der Waals surface area contributed by atoms with E-state index in [1.807, 2.05) is 42.5 Å². The van der Waals surface area contributed by atoms with Gasteiger partial charge < -0.3 is 20.1 Å². The van der Waals surface area contributed by atoms with E-state index in [1.54, 1.807) is 12.1 Å². The Labute approximate surface area is 209 Å². The van der Waals surface area contributed by atoms with Crippen LogP contribution in [0, 0.1) is 0 Å². The van der Waals surface area contributed by atoms with Crippen molar-refractivity contribution >= 4 is 28.2 Å². The Balaban J connectivity index is 1.31. The van der Waals surface area contributed by atoms with Crippen molar-refractivity contribution in [2.45, 2.75) is 32.4 Å². The Kier molecular flexibility index (Phi) is 7.85. The smallest absolute Gasteiger partial charge is 0.261 e. The fraction of sp³-hybridized carbons (Fsp3) is 0.250. The molecule has 0 aliphatic rings. The summed E-state index contributed by atoms with van der Waals surface area (Å²) < 4.78 is 12.1. The van der Waals surface area contributed by atoms with E-state index in [1.165, 1.54) is 30.7 Å². The molecule has 0 saturated carbocycles. The van der Waals surface area contributed by atoms with E-state index in [-0.39, 0.29) is 23.9 Å². The van der Waals surface area contributed by atoms with Crippen molar-refractivity contribution in [2.75, 3.05) is 24.9 Å². The second kappa shape index (κ2) is 11.4. The zero-order valence-corrected chi connectivity index (χ0v) is 20.7. The van der Waals surface area contributed by atoms with Gasteiger partial charge in [0.15, 0.2) is 11.5 Å². The Morgan fingerprint density at radius 2 is 1.64 bits per heavy atom. The summed E-state index contributed by atoms with van der Waals surface area (Å²) in [5.41, 5.74) is 3.25. The van der Waals surface area contributed by atoms with Crippen molar-refractivity contribution in [3.63, 3.8) is 0 Å². The summed E-state index contributed by atoms with van der Waals surface area (Å²) in [7, 11) is 3.06. The molecule has 2 N–H and O–H groups in total. The van der Waals surface area contributed by atoms with E-state index in [0.29, 0.717) is 35.4 Å². The van der Waals surface area contributed by atoms with Crippen LogP contribution in [0.1, 0.15) is 31.4 Å². The van der Waals surface area contributed by atoms with Crippen LogP contribution in [-0.4, -0.2) is 29.7 Å². The Morgan fingerprint density at radius 3 is 2.33 bits per heavy atom.